The summed E-state index contributed by atoms with van der Waals surface area (Å²) in [4.78, 5) is 16.9. The molecule has 126 valence electrons. The fourth-order valence-electron chi connectivity index (χ4n) is 2.62. The van der Waals surface area contributed by atoms with Crippen molar-refractivity contribution in [1.82, 2.24) is 10.3 Å². The Morgan fingerprint density at radius 3 is 2.32 bits per heavy atom. The molecule has 0 saturated heterocycles. The third kappa shape index (κ3) is 4.04. The Bertz CT molecular complexity index is 828. The number of methoxy groups -OCH3 is 1. The lowest BCUT2D eigenvalue weighted by Crippen LogP contribution is -2.29. The summed E-state index contributed by atoms with van der Waals surface area (Å²) in [6, 6.07) is 18.8. The number of carbonyl (C=O) groups excluding carboxylic acids is 1. The molecule has 1 aromatic heterocycles. The molecule has 0 radical (unpaired) electrons. The summed E-state index contributed by atoms with van der Waals surface area (Å²) in [5.74, 6) is 0.580. The van der Waals surface area contributed by atoms with Gasteiger partial charge in [0.05, 0.1) is 13.2 Å². The van der Waals surface area contributed by atoms with Crippen LogP contribution >= 0.6 is 0 Å². The molecule has 0 bridgehead atoms. The minimum Gasteiger partial charge on any atom is -0.497 e. The predicted octanol–water partition coefficient (Wildman–Crippen LogP) is 3.92. The van der Waals surface area contributed by atoms with E-state index in [1.54, 1.807) is 43.8 Å². The Labute approximate surface area is 147 Å². The first-order chi connectivity index (χ1) is 12.2. The first-order valence-corrected chi connectivity index (χ1v) is 8.09. The topological polar surface area (TPSA) is 51.2 Å². The smallest absolute Gasteiger partial charge is 0.252 e. The lowest BCUT2D eigenvalue weighted by molar-refractivity contribution is 0.0943. The van der Waals surface area contributed by atoms with E-state index in [0.29, 0.717) is 5.56 Å². The minimum absolute atomic E-state index is 0.142. The van der Waals surface area contributed by atoms with Crippen LogP contribution < -0.4 is 10.1 Å². The Morgan fingerprint density at radius 1 is 1.00 bits per heavy atom. The van der Waals surface area contributed by atoms with E-state index >= 15 is 0 Å². The van der Waals surface area contributed by atoms with E-state index in [2.05, 4.69) is 10.3 Å². The standard InChI is InChI=1S/C21H20N2O2/c1-15-5-7-16(8-6-15)20(18-4-3-13-22-14-18)23-21(24)17-9-11-19(25-2)12-10-17/h3-14,20H,1-2H3,(H,23,24). The number of nitrogens with one attached hydrogen (secondary N) is 1. The van der Waals surface area contributed by atoms with Crippen LogP contribution in [0.25, 0.3) is 0 Å². The number of aryl methyl sites for hydroxylation is 1. The molecule has 1 atom stereocenters. The van der Waals surface area contributed by atoms with Crippen molar-refractivity contribution in [3.05, 3.63) is 95.3 Å². The van der Waals surface area contributed by atoms with Crippen LogP contribution in [-0.2, 0) is 0 Å². The van der Waals surface area contributed by atoms with E-state index in [1.807, 2.05) is 43.3 Å². The lowest BCUT2D eigenvalue weighted by Gasteiger charge is -2.20. The first-order valence-electron chi connectivity index (χ1n) is 8.09. The average molecular weight is 332 g/mol. The molecule has 3 rings (SSSR count). The highest BCUT2D eigenvalue weighted by Gasteiger charge is 2.18. The molecule has 1 heterocycles. The van der Waals surface area contributed by atoms with Crippen LogP contribution in [0.1, 0.15) is 33.1 Å². The molecular weight excluding hydrogens is 312 g/mol. The van der Waals surface area contributed by atoms with Gasteiger partial charge in [-0.25, -0.2) is 0 Å². The summed E-state index contributed by atoms with van der Waals surface area (Å²) in [5, 5.41) is 3.10. The molecule has 4 nitrogen and oxygen atoms in total. The van der Waals surface area contributed by atoms with E-state index in [0.717, 1.165) is 16.9 Å². The summed E-state index contributed by atoms with van der Waals surface area (Å²) < 4.78 is 5.14. The van der Waals surface area contributed by atoms with Crippen LogP contribution in [0.2, 0.25) is 0 Å². The number of hydrogen-bond acceptors (Lipinski definition) is 3. The van der Waals surface area contributed by atoms with E-state index in [4.69, 9.17) is 4.74 Å². The molecule has 25 heavy (non-hydrogen) atoms. The van der Waals surface area contributed by atoms with E-state index in [-0.39, 0.29) is 11.9 Å². The fourth-order valence-corrected chi connectivity index (χ4v) is 2.62. The summed E-state index contributed by atoms with van der Waals surface area (Å²) in [7, 11) is 1.60. The van der Waals surface area contributed by atoms with Gasteiger partial charge in [0.15, 0.2) is 0 Å². The van der Waals surface area contributed by atoms with Crippen LogP contribution in [0.4, 0.5) is 0 Å². The molecular formula is C21H20N2O2. The molecule has 0 spiro atoms. The van der Waals surface area contributed by atoms with Crippen molar-refractivity contribution in [1.29, 1.82) is 0 Å². The van der Waals surface area contributed by atoms with Crippen LogP contribution in [0.3, 0.4) is 0 Å². The van der Waals surface area contributed by atoms with Crippen molar-refractivity contribution in [3.63, 3.8) is 0 Å². The number of nitrogens with zero attached hydrogens (tertiary/aromatic N) is 1. The van der Waals surface area contributed by atoms with Crippen molar-refractivity contribution in [3.8, 4) is 5.75 Å². The third-order valence-electron chi connectivity index (χ3n) is 4.06. The second-order valence-corrected chi connectivity index (χ2v) is 5.83. The molecule has 4 heteroatoms. The molecule has 0 saturated carbocycles. The van der Waals surface area contributed by atoms with E-state index < -0.39 is 0 Å². The van der Waals surface area contributed by atoms with Gasteiger partial charge >= 0.3 is 0 Å². The number of hydrogen-bond donors (Lipinski definition) is 1. The first kappa shape index (κ1) is 16.7. The Hall–Kier alpha value is -3.14. The number of ether oxygens (including phenoxy) is 1. The summed E-state index contributed by atoms with van der Waals surface area (Å²) >= 11 is 0. The molecule has 1 N–H and O–H groups in total. The number of rotatable bonds is 5. The summed E-state index contributed by atoms with van der Waals surface area (Å²) in [6.45, 7) is 2.04. The normalized spacial score (nSPS) is 11.6. The van der Waals surface area contributed by atoms with Gasteiger partial charge in [-0.05, 0) is 48.4 Å². The molecule has 0 aliphatic rings. The zero-order chi connectivity index (χ0) is 17.6. The molecule has 2 aromatic carbocycles. The van der Waals surface area contributed by atoms with E-state index in [1.165, 1.54) is 5.56 Å². The van der Waals surface area contributed by atoms with Gasteiger partial charge in [0.2, 0.25) is 0 Å². The number of aromatic nitrogens is 1. The molecule has 1 amide bonds. The molecule has 0 fully saturated rings. The summed E-state index contributed by atoms with van der Waals surface area (Å²) in [5.41, 5.74) is 3.71. The second kappa shape index (κ2) is 7.62. The monoisotopic (exact) mass is 332 g/mol. The van der Waals surface area contributed by atoms with Crippen molar-refractivity contribution in [2.75, 3.05) is 7.11 Å². The number of benzene rings is 2. The molecule has 0 aliphatic carbocycles. The molecule has 3 aromatic rings. The maximum absolute atomic E-state index is 12.7. The predicted molar refractivity (Wildman–Crippen MR) is 97.7 cm³/mol. The Kier molecular flexibility index (Phi) is 5.09. The van der Waals surface area contributed by atoms with Crippen molar-refractivity contribution in [2.45, 2.75) is 13.0 Å². The van der Waals surface area contributed by atoms with Gasteiger partial charge in [0.1, 0.15) is 5.75 Å². The Morgan fingerprint density at radius 2 is 1.72 bits per heavy atom. The zero-order valence-electron chi connectivity index (χ0n) is 14.3. The fraction of sp³-hybridized carbons (Fsp3) is 0.143. The molecule has 0 aliphatic heterocycles. The van der Waals surface area contributed by atoms with Crippen molar-refractivity contribution >= 4 is 5.91 Å². The largest absolute Gasteiger partial charge is 0.497 e. The highest BCUT2D eigenvalue weighted by Crippen LogP contribution is 2.23. The minimum atomic E-state index is -0.260. The Balaban J connectivity index is 1.89. The second-order valence-electron chi connectivity index (χ2n) is 5.83. The van der Waals surface area contributed by atoms with Gasteiger partial charge in [0.25, 0.3) is 5.91 Å². The number of pyridine rings is 1. The van der Waals surface area contributed by atoms with Crippen LogP contribution in [0.15, 0.2) is 73.1 Å². The lowest BCUT2D eigenvalue weighted by atomic mass is 9.98. The van der Waals surface area contributed by atoms with Gasteiger partial charge in [-0.1, -0.05) is 35.9 Å². The highest BCUT2D eigenvalue weighted by atomic mass is 16.5. The maximum Gasteiger partial charge on any atom is 0.252 e. The number of carbonyl (C=O) groups is 1. The molecule has 1 unspecified atom stereocenters. The van der Waals surface area contributed by atoms with Crippen LogP contribution in [0, 0.1) is 6.92 Å². The third-order valence-corrected chi connectivity index (χ3v) is 4.06. The maximum atomic E-state index is 12.7. The van der Waals surface area contributed by atoms with Gasteiger partial charge in [-0.15, -0.1) is 0 Å². The summed E-state index contributed by atoms with van der Waals surface area (Å²) in [6.07, 6.45) is 3.50. The SMILES string of the molecule is COc1ccc(C(=O)NC(c2ccc(C)cc2)c2cccnc2)cc1. The quantitative estimate of drug-likeness (QED) is 0.770. The highest BCUT2D eigenvalue weighted by molar-refractivity contribution is 5.94. The van der Waals surface area contributed by atoms with Crippen molar-refractivity contribution in [2.24, 2.45) is 0 Å². The van der Waals surface area contributed by atoms with Gasteiger partial charge in [-0.3, -0.25) is 9.78 Å². The number of amides is 1. The van der Waals surface area contributed by atoms with Gasteiger partial charge < -0.3 is 10.1 Å². The van der Waals surface area contributed by atoms with E-state index in [9.17, 15) is 4.79 Å². The van der Waals surface area contributed by atoms with Crippen LogP contribution in [0.5, 0.6) is 5.75 Å². The average Bonchev–Trinajstić information content (AvgIpc) is 2.67. The van der Waals surface area contributed by atoms with Gasteiger partial charge in [-0.2, -0.15) is 0 Å². The zero-order valence-corrected chi connectivity index (χ0v) is 14.3. The van der Waals surface area contributed by atoms with Crippen LogP contribution in [-0.4, -0.2) is 18.0 Å². The van der Waals surface area contributed by atoms with Gasteiger partial charge in [0, 0.05) is 18.0 Å². The van der Waals surface area contributed by atoms with Crippen molar-refractivity contribution < 1.29 is 9.53 Å².